The number of nitrogens with zero attached hydrogens (tertiary/aromatic N) is 2. The van der Waals surface area contributed by atoms with Crippen LogP contribution in [0.15, 0.2) is 30.5 Å². The molecule has 19 heavy (non-hydrogen) atoms. The van der Waals surface area contributed by atoms with Crippen LogP contribution in [0, 0.1) is 0 Å². The highest BCUT2D eigenvalue weighted by Gasteiger charge is 2.26. The van der Waals surface area contributed by atoms with Gasteiger partial charge in [0.25, 0.3) is 0 Å². The number of aliphatic hydroxyl groups is 2. The van der Waals surface area contributed by atoms with Gasteiger partial charge in [0.15, 0.2) is 0 Å². The second-order valence-electron chi connectivity index (χ2n) is 4.98. The second kappa shape index (κ2) is 5.15. The molecule has 4 heteroatoms. The number of benzene rings is 1. The molecule has 4 nitrogen and oxygen atoms in total. The molecular weight excluding hydrogens is 240 g/mol. The molecule has 0 radical (unpaired) electrons. The Morgan fingerprint density at radius 1 is 1.21 bits per heavy atom. The third-order valence-electron chi connectivity index (χ3n) is 3.89. The monoisotopic (exact) mass is 258 g/mol. The van der Waals surface area contributed by atoms with E-state index in [1.54, 1.807) is 6.20 Å². The summed E-state index contributed by atoms with van der Waals surface area (Å²) >= 11 is 0. The van der Waals surface area contributed by atoms with E-state index >= 15 is 0 Å². The van der Waals surface area contributed by atoms with Crippen LogP contribution >= 0.6 is 0 Å². The molecule has 2 aromatic rings. The average Bonchev–Trinajstić information content (AvgIpc) is 2.94. The zero-order valence-electron chi connectivity index (χ0n) is 10.8. The number of hydrogen-bond acceptors (Lipinski definition) is 4. The number of anilines is 1. The minimum Gasteiger partial charge on any atom is -0.394 e. The minimum absolute atomic E-state index is 0.00276. The lowest BCUT2D eigenvalue weighted by Crippen LogP contribution is -2.32. The molecule has 1 fully saturated rings. The summed E-state index contributed by atoms with van der Waals surface area (Å²) in [4.78, 5) is 6.70. The normalized spacial score (nSPS) is 19.3. The molecule has 2 heterocycles. The number of aromatic nitrogens is 1. The molecule has 0 aliphatic carbocycles. The lowest BCUT2D eigenvalue weighted by atomic mass is 10.1. The molecule has 1 atom stereocenters. The number of hydrogen-bond donors (Lipinski definition) is 2. The lowest BCUT2D eigenvalue weighted by molar-refractivity contribution is 0.266. The summed E-state index contributed by atoms with van der Waals surface area (Å²) in [5.41, 5.74) is 0.846. The Labute approximate surface area is 112 Å². The van der Waals surface area contributed by atoms with Crippen LogP contribution in [-0.2, 0) is 6.61 Å². The first-order chi connectivity index (χ1) is 9.35. The van der Waals surface area contributed by atoms with E-state index in [1.807, 2.05) is 24.3 Å². The van der Waals surface area contributed by atoms with Gasteiger partial charge in [-0.05, 0) is 18.2 Å². The van der Waals surface area contributed by atoms with Crippen molar-refractivity contribution >= 4 is 16.6 Å². The predicted molar refractivity (Wildman–Crippen MR) is 75.1 cm³/mol. The Kier molecular flexibility index (Phi) is 3.36. The molecule has 0 bridgehead atoms. The zero-order chi connectivity index (χ0) is 13.2. The van der Waals surface area contributed by atoms with E-state index in [0.29, 0.717) is 0 Å². The standard InChI is InChI=1S/C15H18N2O2/c18-9-11-8-16-15(14-6-2-1-5-13(11)14)17-7-3-4-12(17)10-19/h1-2,5-6,8,12,18-19H,3-4,7,9-10H2. The number of rotatable bonds is 3. The maximum atomic E-state index is 9.46. The van der Waals surface area contributed by atoms with Crippen LogP contribution in [0.1, 0.15) is 18.4 Å². The molecular formula is C15H18N2O2. The van der Waals surface area contributed by atoms with Gasteiger partial charge in [-0.3, -0.25) is 0 Å². The second-order valence-corrected chi connectivity index (χ2v) is 4.98. The largest absolute Gasteiger partial charge is 0.394 e. The lowest BCUT2D eigenvalue weighted by Gasteiger charge is -2.25. The summed E-state index contributed by atoms with van der Waals surface area (Å²) < 4.78 is 0. The van der Waals surface area contributed by atoms with Crippen LogP contribution in [0.25, 0.3) is 10.8 Å². The third kappa shape index (κ3) is 2.07. The van der Waals surface area contributed by atoms with Crippen LogP contribution < -0.4 is 4.90 Å². The van der Waals surface area contributed by atoms with Crippen molar-refractivity contribution in [2.24, 2.45) is 0 Å². The quantitative estimate of drug-likeness (QED) is 0.879. The summed E-state index contributed by atoms with van der Waals surface area (Å²) in [6.07, 6.45) is 3.83. The van der Waals surface area contributed by atoms with Crippen molar-refractivity contribution in [1.29, 1.82) is 0 Å². The number of fused-ring (bicyclic) bond motifs is 1. The van der Waals surface area contributed by atoms with Crippen LogP contribution in [0.5, 0.6) is 0 Å². The summed E-state index contributed by atoms with van der Waals surface area (Å²) in [7, 11) is 0. The Balaban J connectivity index is 2.14. The highest BCUT2D eigenvalue weighted by Crippen LogP contribution is 2.31. The van der Waals surface area contributed by atoms with Crippen molar-refractivity contribution < 1.29 is 10.2 Å². The van der Waals surface area contributed by atoms with Gasteiger partial charge in [0.1, 0.15) is 5.82 Å². The molecule has 0 saturated carbocycles. The van der Waals surface area contributed by atoms with E-state index in [-0.39, 0.29) is 19.3 Å². The van der Waals surface area contributed by atoms with E-state index in [1.165, 1.54) is 0 Å². The van der Waals surface area contributed by atoms with Gasteiger partial charge in [0, 0.05) is 23.7 Å². The molecule has 3 rings (SSSR count). The molecule has 1 saturated heterocycles. The maximum Gasteiger partial charge on any atom is 0.136 e. The SMILES string of the molecule is OCc1cnc(N2CCCC2CO)c2ccccc12. The molecule has 2 N–H and O–H groups in total. The molecule has 1 aromatic heterocycles. The summed E-state index contributed by atoms with van der Waals surface area (Å²) in [5, 5.41) is 20.9. The van der Waals surface area contributed by atoms with Gasteiger partial charge >= 0.3 is 0 Å². The van der Waals surface area contributed by atoms with Gasteiger partial charge in [-0.25, -0.2) is 4.98 Å². The zero-order valence-corrected chi connectivity index (χ0v) is 10.8. The van der Waals surface area contributed by atoms with E-state index in [0.717, 1.165) is 41.5 Å². The van der Waals surface area contributed by atoms with E-state index in [4.69, 9.17) is 0 Å². The van der Waals surface area contributed by atoms with Crippen LogP contribution in [0.2, 0.25) is 0 Å². The molecule has 100 valence electrons. The van der Waals surface area contributed by atoms with Gasteiger partial charge < -0.3 is 15.1 Å². The molecule has 1 unspecified atom stereocenters. The summed E-state index contributed by atoms with van der Waals surface area (Å²) in [6, 6.07) is 8.16. The van der Waals surface area contributed by atoms with Gasteiger partial charge in [-0.2, -0.15) is 0 Å². The van der Waals surface area contributed by atoms with Crippen molar-refractivity contribution in [2.75, 3.05) is 18.1 Å². The van der Waals surface area contributed by atoms with E-state index < -0.39 is 0 Å². The number of pyridine rings is 1. The van der Waals surface area contributed by atoms with Gasteiger partial charge in [0.05, 0.1) is 19.3 Å². The van der Waals surface area contributed by atoms with Gasteiger partial charge in [0.2, 0.25) is 0 Å². The number of aliphatic hydroxyl groups excluding tert-OH is 2. The molecule has 1 aliphatic heterocycles. The van der Waals surface area contributed by atoms with Crippen LogP contribution in [0.3, 0.4) is 0 Å². The van der Waals surface area contributed by atoms with E-state index in [2.05, 4.69) is 9.88 Å². The Bertz CT molecular complexity index is 585. The van der Waals surface area contributed by atoms with Crippen molar-refractivity contribution in [3.8, 4) is 0 Å². The molecule has 0 spiro atoms. The topological polar surface area (TPSA) is 56.6 Å². The van der Waals surface area contributed by atoms with Crippen molar-refractivity contribution in [3.63, 3.8) is 0 Å². The molecule has 1 aromatic carbocycles. The Morgan fingerprint density at radius 2 is 2.00 bits per heavy atom. The van der Waals surface area contributed by atoms with Crippen molar-refractivity contribution in [2.45, 2.75) is 25.5 Å². The fraction of sp³-hybridized carbons (Fsp3) is 0.400. The van der Waals surface area contributed by atoms with Gasteiger partial charge in [-0.15, -0.1) is 0 Å². The first kappa shape index (κ1) is 12.4. The first-order valence-corrected chi connectivity index (χ1v) is 6.70. The minimum atomic E-state index is -0.00276. The van der Waals surface area contributed by atoms with Crippen LogP contribution in [0.4, 0.5) is 5.82 Å². The summed E-state index contributed by atoms with van der Waals surface area (Å²) in [5.74, 6) is 0.921. The molecule has 1 aliphatic rings. The fourth-order valence-corrected chi connectivity index (χ4v) is 2.90. The highest BCUT2D eigenvalue weighted by molar-refractivity contribution is 5.94. The van der Waals surface area contributed by atoms with Gasteiger partial charge in [-0.1, -0.05) is 24.3 Å². The average molecular weight is 258 g/mol. The Morgan fingerprint density at radius 3 is 2.74 bits per heavy atom. The maximum absolute atomic E-state index is 9.46. The van der Waals surface area contributed by atoms with Crippen molar-refractivity contribution in [1.82, 2.24) is 4.98 Å². The smallest absolute Gasteiger partial charge is 0.136 e. The highest BCUT2D eigenvalue weighted by atomic mass is 16.3. The predicted octanol–water partition coefficient (Wildman–Crippen LogP) is 1.69. The van der Waals surface area contributed by atoms with Crippen molar-refractivity contribution in [3.05, 3.63) is 36.0 Å². The fourth-order valence-electron chi connectivity index (χ4n) is 2.90. The van der Waals surface area contributed by atoms with Crippen LogP contribution in [-0.4, -0.2) is 34.4 Å². The molecule has 0 amide bonds. The van der Waals surface area contributed by atoms with E-state index in [9.17, 15) is 10.2 Å². The first-order valence-electron chi connectivity index (χ1n) is 6.70. The Hall–Kier alpha value is -1.65. The summed E-state index contributed by atoms with van der Waals surface area (Å²) in [6.45, 7) is 1.09. The third-order valence-corrected chi connectivity index (χ3v) is 3.89.